The molecule has 0 saturated carbocycles. The van der Waals surface area contributed by atoms with Crippen molar-refractivity contribution in [1.82, 2.24) is 0 Å². The zero-order chi connectivity index (χ0) is 12.3. The van der Waals surface area contributed by atoms with E-state index in [9.17, 15) is 14.0 Å². The maximum atomic E-state index is 13.1. The summed E-state index contributed by atoms with van der Waals surface area (Å²) in [6.07, 6.45) is 0. The van der Waals surface area contributed by atoms with Gasteiger partial charge in [0, 0.05) is 0 Å². The molecule has 1 aromatic rings. The van der Waals surface area contributed by atoms with Gasteiger partial charge < -0.3 is 4.74 Å². The van der Waals surface area contributed by atoms with Crippen molar-refractivity contribution >= 4 is 23.4 Å². The highest BCUT2D eigenvalue weighted by molar-refractivity contribution is 6.45. The summed E-state index contributed by atoms with van der Waals surface area (Å²) in [6.45, 7) is 3.22. The first-order chi connectivity index (χ1) is 7.49. The lowest BCUT2D eigenvalue weighted by atomic mass is 10.0. The third kappa shape index (κ3) is 2.39. The molecular weight excluding hydrogens is 235 g/mol. The first-order valence-corrected chi connectivity index (χ1v) is 5.02. The molecule has 5 heteroatoms. The molecule has 0 atom stereocenters. The molecule has 16 heavy (non-hydrogen) atoms. The first-order valence-electron chi connectivity index (χ1n) is 4.65. The smallest absolute Gasteiger partial charge is 0.379 e. The van der Waals surface area contributed by atoms with E-state index in [0.29, 0.717) is 5.56 Å². The Morgan fingerprint density at radius 2 is 2.06 bits per heavy atom. The second-order valence-electron chi connectivity index (χ2n) is 3.10. The molecule has 0 aliphatic carbocycles. The minimum absolute atomic E-state index is 0.0799. The molecule has 0 saturated heterocycles. The molecule has 0 aromatic heterocycles. The third-order valence-corrected chi connectivity index (χ3v) is 2.36. The van der Waals surface area contributed by atoms with E-state index < -0.39 is 17.6 Å². The van der Waals surface area contributed by atoms with Crippen LogP contribution in [0, 0.1) is 12.7 Å². The van der Waals surface area contributed by atoms with Crippen LogP contribution in [0.15, 0.2) is 12.1 Å². The van der Waals surface area contributed by atoms with E-state index in [0.717, 1.165) is 6.07 Å². The number of benzene rings is 1. The van der Waals surface area contributed by atoms with Crippen LogP contribution in [0.5, 0.6) is 0 Å². The second-order valence-corrected chi connectivity index (χ2v) is 3.48. The van der Waals surface area contributed by atoms with Gasteiger partial charge in [0.15, 0.2) is 0 Å². The van der Waals surface area contributed by atoms with Crippen LogP contribution in [-0.4, -0.2) is 18.4 Å². The predicted octanol–water partition coefficient (Wildman–Crippen LogP) is 2.53. The van der Waals surface area contributed by atoms with Crippen LogP contribution in [0.3, 0.4) is 0 Å². The van der Waals surface area contributed by atoms with Gasteiger partial charge in [-0.25, -0.2) is 9.18 Å². The summed E-state index contributed by atoms with van der Waals surface area (Å²) in [6, 6.07) is 2.52. The van der Waals surface area contributed by atoms with Gasteiger partial charge in [0.05, 0.1) is 17.2 Å². The Hall–Kier alpha value is -1.42. The zero-order valence-corrected chi connectivity index (χ0v) is 9.60. The largest absolute Gasteiger partial charge is 0.460 e. The molecule has 0 heterocycles. The van der Waals surface area contributed by atoms with E-state index in [-0.39, 0.29) is 17.2 Å². The highest BCUT2D eigenvalue weighted by atomic mass is 35.5. The van der Waals surface area contributed by atoms with E-state index in [1.165, 1.54) is 6.07 Å². The number of Topliss-reactive ketones (excluding diaryl/α,β-unsaturated/α-hetero) is 1. The normalized spacial score (nSPS) is 10.0. The molecule has 1 rings (SSSR count). The maximum absolute atomic E-state index is 13.1. The van der Waals surface area contributed by atoms with Crippen LogP contribution in [0.2, 0.25) is 5.02 Å². The molecule has 0 N–H and O–H groups in total. The molecule has 0 bridgehead atoms. The fourth-order valence-corrected chi connectivity index (χ4v) is 1.52. The monoisotopic (exact) mass is 244 g/mol. The molecule has 3 nitrogen and oxygen atoms in total. The van der Waals surface area contributed by atoms with Gasteiger partial charge in [0.1, 0.15) is 5.82 Å². The molecule has 0 fully saturated rings. The Balaban J connectivity index is 3.18. The van der Waals surface area contributed by atoms with E-state index in [2.05, 4.69) is 4.74 Å². The van der Waals surface area contributed by atoms with E-state index in [1.54, 1.807) is 13.8 Å². The average Bonchev–Trinajstić information content (AvgIpc) is 2.24. The fraction of sp³-hybridized carbons (Fsp3) is 0.273. The van der Waals surface area contributed by atoms with Gasteiger partial charge in [-0.15, -0.1) is 0 Å². The van der Waals surface area contributed by atoms with Crippen molar-refractivity contribution in [3.05, 3.63) is 34.1 Å². The minimum atomic E-state index is -1.03. The van der Waals surface area contributed by atoms with Crippen molar-refractivity contribution in [3.8, 4) is 0 Å². The van der Waals surface area contributed by atoms with Gasteiger partial charge in [-0.05, 0) is 25.5 Å². The van der Waals surface area contributed by atoms with Gasteiger partial charge in [0.25, 0.3) is 5.78 Å². The number of ketones is 1. The fourth-order valence-electron chi connectivity index (χ4n) is 1.22. The molecule has 1 aromatic carbocycles. The summed E-state index contributed by atoms with van der Waals surface area (Å²) in [4.78, 5) is 22.8. The summed E-state index contributed by atoms with van der Waals surface area (Å²) in [5.74, 6) is -2.69. The third-order valence-electron chi connectivity index (χ3n) is 1.99. The van der Waals surface area contributed by atoms with Crippen molar-refractivity contribution < 1.29 is 18.7 Å². The van der Waals surface area contributed by atoms with Gasteiger partial charge in [-0.3, -0.25) is 4.79 Å². The molecule has 0 aliphatic rings. The molecule has 86 valence electrons. The maximum Gasteiger partial charge on any atom is 0.379 e. The number of esters is 1. The van der Waals surface area contributed by atoms with Gasteiger partial charge in [-0.1, -0.05) is 17.7 Å². The molecular formula is C11H10ClFO3. The van der Waals surface area contributed by atoms with Crippen LogP contribution in [-0.2, 0) is 9.53 Å². The summed E-state index contributed by atoms with van der Waals surface area (Å²) >= 11 is 5.63. The van der Waals surface area contributed by atoms with Crippen molar-refractivity contribution in [2.45, 2.75) is 13.8 Å². The summed E-state index contributed by atoms with van der Waals surface area (Å²) in [5.41, 5.74) is 0.296. The lowest BCUT2D eigenvalue weighted by Crippen LogP contribution is -2.19. The Morgan fingerprint density at radius 3 is 2.62 bits per heavy atom. The second kappa shape index (κ2) is 5.07. The first kappa shape index (κ1) is 12.6. The SMILES string of the molecule is CCOC(=O)C(=O)c1c(C)ccc(F)c1Cl. The standard InChI is InChI=1S/C11H10ClFO3/c1-3-16-11(15)10(14)8-6(2)4-5-7(13)9(8)12/h4-5H,3H2,1-2H3. The van der Waals surface area contributed by atoms with E-state index in [1.807, 2.05) is 0 Å². The van der Waals surface area contributed by atoms with Crippen molar-refractivity contribution in [2.75, 3.05) is 6.61 Å². The van der Waals surface area contributed by atoms with Crippen LogP contribution in [0.25, 0.3) is 0 Å². The van der Waals surface area contributed by atoms with Crippen molar-refractivity contribution in [1.29, 1.82) is 0 Å². The predicted molar refractivity (Wildman–Crippen MR) is 57.1 cm³/mol. The minimum Gasteiger partial charge on any atom is -0.460 e. The molecule has 0 unspecified atom stereocenters. The highest BCUT2D eigenvalue weighted by Crippen LogP contribution is 2.24. The van der Waals surface area contributed by atoms with E-state index >= 15 is 0 Å². The number of carbonyl (C=O) groups is 2. The number of carbonyl (C=O) groups excluding carboxylic acids is 2. The Labute approximate surface area is 97.2 Å². The quantitative estimate of drug-likeness (QED) is 0.466. The topological polar surface area (TPSA) is 43.4 Å². The molecule has 0 aliphatic heterocycles. The number of ether oxygens (including phenoxy) is 1. The van der Waals surface area contributed by atoms with Gasteiger partial charge >= 0.3 is 5.97 Å². The van der Waals surface area contributed by atoms with Crippen LogP contribution in [0.4, 0.5) is 4.39 Å². The number of hydrogen-bond donors (Lipinski definition) is 0. The molecule has 0 amide bonds. The summed E-state index contributed by atoms with van der Waals surface area (Å²) in [7, 11) is 0. The summed E-state index contributed by atoms with van der Waals surface area (Å²) < 4.78 is 17.7. The number of rotatable bonds is 3. The van der Waals surface area contributed by atoms with Crippen LogP contribution in [0.1, 0.15) is 22.8 Å². The average molecular weight is 245 g/mol. The lowest BCUT2D eigenvalue weighted by molar-refractivity contribution is -0.137. The zero-order valence-electron chi connectivity index (χ0n) is 8.84. The van der Waals surface area contributed by atoms with Crippen molar-refractivity contribution in [3.63, 3.8) is 0 Å². The Morgan fingerprint density at radius 1 is 1.44 bits per heavy atom. The van der Waals surface area contributed by atoms with Crippen LogP contribution < -0.4 is 0 Å². The Bertz CT molecular complexity index is 443. The van der Waals surface area contributed by atoms with Crippen molar-refractivity contribution in [2.24, 2.45) is 0 Å². The highest BCUT2D eigenvalue weighted by Gasteiger charge is 2.24. The number of hydrogen-bond acceptors (Lipinski definition) is 3. The number of aryl methyl sites for hydroxylation is 1. The lowest BCUT2D eigenvalue weighted by Gasteiger charge is -2.07. The van der Waals surface area contributed by atoms with E-state index in [4.69, 9.17) is 11.6 Å². The molecule has 0 spiro atoms. The number of halogens is 2. The van der Waals surface area contributed by atoms with Crippen LogP contribution >= 0.6 is 11.6 Å². The van der Waals surface area contributed by atoms with Gasteiger partial charge in [-0.2, -0.15) is 0 Å². The Kier molecular flexibility index (Phi) is 4.01. The van der Waals surface area contributed by atoms with Gasteiger partial charge in [0.2, 0.25) is 0 Å². The molecule has 0 radical (unpaired) electrons. The summed E-state index contributed by atoms with van der Waals surface area (Å²) in [5, 5.41) is -0.349.